The number of likely N-dealkylation sites (tertiary alicyclic amines) is 1. The van der Waals surface area contributed by atoms with Crippen molar-refractivity contribution in [2.24, 2.45) is 0 Å². The number of benzene rings is 1. The number of anilines is 1. The lowest BCUT2D eigenvalue weighted by molar-refractivity contribution is -0.121. The number of para-hydroxylation sites is 1. The van der Waals surface area contributed by atoms with Gasteiger partial charge in [-0.05, 0) is 35.7 Å². The van der Waals surface area contributed by atoms with Crippen molar-refractivity contribution in [2.75, 3.05) is 11.9 Å². The highest BCUT2D eigenvalue weighted by Crippen LogP contribution is 2.54. The van der Waals surface area contributed by atoms with Gasteiger partial charge in [-0.2, -0.15) is 13.9 Å². The Labute approximate surface area is 170 Å². The Balaban J connectivity index is 1.63. The van der Waals surface area contributed by atoms with Gasteiger partial charge in [0.15, 0.2) is 5.69 Å². The highest BCUT2D eigenvalue weighted by molar-refractivity contribution is 6.08. The molecule has 2 aromatic heterocycles. The maximum atomic E-state index is 13.3. The maximum Gasteiger partial charge on any atom is 0.333 e. The Morgan fingerprint density at radius 1 is 1.20 bits per heavy atom. The minimum absolute atomic E-state index is 0.0899. The predicted octanol–water partition coefficient (Wildman–Crippen LogP) is 3.15. The quantitative estimate of drug-likeness (QED) is 0.721. The third kappa shape index (κ3) is 2.54. The molecule has 1 aromatic carbocycles. The predicted molar refractivity (Wildman–Crippen MR) is 103 cm³/mol. The van der Waals surface area contributed by atoms with Crippen molar-refractivity contribution in [1.29, 1.82) is 0 Å². The second-order valence-corrected chi connectivity index (χ2v) is 7.37. The van der Waals surface area contributed by atoms with Gasteiger partial charge in [-0.25, -0.2) is 4.68 Å². The molecular weight excluding hydrogens is 392 g/mol. The summed E-state index contributed by atoms with van der Waals surface area (Å²) in [7, 11) is 0. The van der Waals surface area contributed by atoms with Crippen LogP contribution in [0.4, 0.5) is 14.5 Å². The summed E-state index contributed by atoms with van der Waals surface area (Å²) < 4.78 is 26.3. The number of hydrogen-bond acceptors (Lipinski definition) is 4. The molecule has 1 fully saturated rings. The Morgan fingerprint density at radius 2 is 2.03 bits per heavy atom. The minimum atomic E-state index is -2.84. The maximum absolute atomic E-state index is 13.3. The van der Waals surface area contributed by atoms with Crippen LogP contribution in [-0.2, 0) is 10.2 Å². The van der Waals surface area contributed by atoms with Gasteiger partial charge in [-0.3, -0.25) is 14.6 Å². The molecule has 0 saturated carbocycles. The largest absolute Gasteiger partial charge is 0.333 e. The van der Waals surface area contributed by atoms with Crippen molar-refractivity contribution < 1.29 is 18.4 Å². The molecule has 0 bridgehead atoms. The van der Waals surface area contributed by atoms with Crippen LogP contribution in [-0.4, -0.2) is 38.0 Å². The summed E-state index contributed by atoms with van der Waals surface area (Å²) in [4.78, 5) is 32.2. The van der Waals surface area contributed by atoms with E-state index in [0.717, 1.165) is 11.8 Å². The molecule has 9 heteroatoms. The van der Waals surface area contributed by atoms with Gasteiger partial charge in [0.1, 0.15) is 5.41 Å². The van der Waals surface area contributed by atoms with Gasteiger partial charge in [-0.1, -0.05) is 24.3 Å². The van der Waals surface area contributed by atoms with E-state index in [1.807, 2.05) is 30.3 Å². The number of hydrogen-bond donors (Lipinski definition) is 1. The lowest BCUT2D eigenvalue weighted by Crippen LogP contribution is -2.42. The lowest BCUT2D eigenvalue weighted by Gasteiger charge is -2.33. The van der Waals surface area contributed by atoms with E-state index in [1.165, 1.54) is 11.0 Å². The first-order valence-corrected chi connectivity index (χ1v) is 9.47. The van der Waals surface area contributed by atoms with Crippen LogP contribution in [0.25, 0.3) is 0 Å². The average Bonchev–Trinajstić information content (AvgIpc) is 3.46. The van der Waals surface area contributed by atoms with E-state index in [0.29, 0.717) is 22.4 Å². The van der Waals surface area contributed by atoms with Crippen LogP contribution in [0.3, 0.4) is 0 Å². The molecule has 2 aliphatic heterocycles. The molecule has 5 rings (SSSR count). The number of carbonyl (C=O) groups is 2. The van der Waals surface area contributed by atoms with Crippen LogP contribution in [0.2, 0.25) is 0 Å². The van der Waals surface area contributed by atoms with Crippen LogP contribution in [0.1, 0.15) is 40.6 Å². The fourth-order valence-electron chi connectivity index (χ4n) is 4.61. The molecule has 30 heavy (non-hydrogen) atoms. The molecule has 7 nitrogen and oxygen atoms in total. The number of alkyl halides is 2. The summed E-state index contributed by atoms with van der Waals surface area (Å²) in [5, 5.41) is 6.65. The fraction of sp³-hybridized carbons (Fsp3) is 0.238. The van der Waals surface area contributed by atoms with Crippen LogP contribution in [0.5, 0.6) is 0 Å². The molecule has 1 saturated heterocycles. The van der Waals surface area contributed by atoms with Gasteiger partial charge in [0.25, 0.3) is 5.91 Å². The van der Waals surface area contributed by atoms with Gasteiger partial charge in [0.05, 0.1) is 6.04 Å². The number of nitrogens with zero attached hydrogens (tertiary/aromatic N) is 4. The van der Waals surface area contributed by atoms with Crippen molar-refractivity contribution in [3.8, 4) is 0 Å². The van der Waals surface area contributed by atoms with Crippen molar-refractivity contribution in [1.82, 2.24) is 19.7 Å². The number of nitrogens with one attached hydrogen (secondary N) is 1. The highest BCUT2D eigenvalue weighted by atomic mass is 19.3. The Bertz CT molecular complexity index is 1130. The fourth-order valence-corrected chi connectivity index (χ4v) is 4.61. The summed E-state index contributed by atoms with van der Waals surface area (Å²) >= 11 is 0. The number of aromatic nitrogens is 3. The number of halogens is 2. The molecule has 152 valence electrons. The molecule has 0 aliphatic carbocycles. The van der Waals surface area contributed by atoms with Crippen LogP contribution in [0, 0.1) is 0 Å². The number of fused-ring (bicyclic) bond motifs is 2. The summed E-state index contributed by atoms with van der Waals surface area (Å²) in [6.07, 6.45) is 4.71. The van der Waals surface area contributed by atoms with E-state index in [1.54, 1.807) is 18.5 Å². The Morgan fingerprint density at radius 3 is 2.77 bits per heavy atom. The molecule has 3 aromatic rings. The third-order valence-electron chi connectivity index (χ3n) is 5.88. The monoisotopic (exact) mass is 409 g/mol. The smallest absolute Gasteiger partial charge is 0.329 e. The molecule has 1 N–H and O–H groups in total. The van der Waals surface area contributed by atoms with Crippen LogP contribution >= 0.6 is 0 Å². The SMILES string of the molecule is O=C(c1ccn(C(F)F)n1)N1CCC2(C(=O)Nc3ccccc32)C1c1cccnc1. The molecule has 4 heterocycles. The molecule has 2 unspecified atom stereocenters. The zero-order valence-corrected chi connectivity index (χ0v) is 15.7. The zero-order valence-electron chi connectivity index (χ0n) is 15.7. The van der Waals surface area contributed by atoms with E-state index < -0.39 is 23.9 Å². The molecule has 2 amide bonds. The normalized spacial score (nSPS) is 22.6. The Kier molecular flexibility index (Phi) is 4.12. The second kappa shape index (κ2) is 6.72. The van der Waals surface area contributed by atoms with Crippen LogP contribution in [0.15, 0.2) is 61.1 Å². The molecule has 1 spiro atoms. The average molecular weight is 409 g/mol. The van der Waals surface area contributed by atoms with Crippen molar-refractivity contribution in [3.63, 3.8) is 0 Å². The van der Waals surface area contributed by atoms with Gasteiger partial charge >= 0.3 is 6.55 Å². The Hall–Kier alpha value is -3.62. The van der Waals surface area contributed by atoms with E-state index in [2.05, 4.69) is 15.4 Å². The van der Waals surface area contributed by atoms with Crippen molar-refractivity contribution in [2.45, 2.75) is 24.4 Å². The van der Waals surface area contributed by atoms with Crippen molar-refractivity contribution >= 4 is 17.5 Å². The molecule has 2 aliphatic rings. The number of amides is 2. The summed E-state index contributed by atoms with van der Waals surface area (Å²) in [5.41, 5.74) is 1.15. The third-order valence-corrected chi connectivity index (χ3v) is 5.88. The van der Waals surface area contributed by atoms with E-state index in [9.17, 15) is 18.4 Å². The standard InChI is InChI=1S/C21H17F2N5O2/c22-20(23)28-10-7-16(26-28)18(29)27-11-8-21(17(27)13-4-3-9-24-12-13)14-5-1-2-6-15(14)25-19(21)30/h1-7,9-10,12,17,20H,8,11H2,(H,25,30). The van der Waals surface area contributed by atoms with Gasteiger partial charge in [-0.15, -0.1) is 0 Å². The molecule has 2 atom stereocenters. The van der Waals surface area contributed by atoms with E-state index >= 15 is 0 Å². The number of rotatable bonds is 3. The summed E-state index contributed by atoms with van der Waals surface area (Å²) in [6, 6.07) is 11.6. The van der Waals surface area contributed by atoms with E-state index in [-0.39, 0.29) is 18.1 Å². The van der Waals surface area contributed by atoms with Gasteiger partial charge in [0, 0.05) is 30.8 Å². The summed E-state index contributed by atoms with van der Waals surface area (Å²) in [6.45, 7) is -2.56. The topological polar surface area (TPSA) is 80.1 Å². The highest BCUT2D eigenvalue weighted by Gasteiger charge is 2.59. The van der Waals surface area contributed by atoms with E-state index in [4.69, 9.17) is 0 Å². The number of carbonyl (C=O) groups excluding carboxylic acids is 2. The van der Waals surface area contributed by atoms with Gasteiger partial charge in [0.2, 0.25) is 5.91 Å². The molecular formula is C21H17F2N5O2. The summed E-state index contributed by atoms with van der Waals surface area (Å²) in [5.74, 6) is -0.691. The van der Waals surface area contributed by atoms with Crippen molar-refractivity contribution in [3.05, 3.63) is 77.9 Å². The first-order chi connectivity index (χ1) is 14.5. The first-order valence-electron chi connectivity index (χ1n) is 9.47. The first kappa shape index (κ1) is 18.4. The molecule has 0 radical (unpaired) electrons. The van der Waals surface area contributed by atoms with Gasteiger partial charge < -0.3 is 10.2 Å². The number of pyridine rings is 1. The second-order valence-electron chi connectivity index (χ2n) is 7.37. The minimum Gasteiger partial charge on any atom is -0.329 e. The zero-order chi connectivity index (χ0) is 20.9. The van der Waals surface area contributed by atoms with Crippen LogP contribution < -0.4 is 5.32 Å². The lowest BCUT2D eigenvalue weighted by atomic mass is 9.73.